The molecule has 1 fully saturated rings. The molecule has 1 N–H and O–H groups in total. The minimum atomic E-state index is -0.545. The van der Waals surface area contributed by atoms with E-state index in [1.54, 1.807) is 11.8 Å². The van der Waals surface area contributed by atoms with Crippen molar-refractivity contribution in [3.8, 4) is 0 Å². The maximum Gasteiger partial charge on any atom is 0.223 e. The topological polar surface area (TPSA) is 32.3 Å². The minimum Gasteiger partial charge on any atom is -0.344 e. The average Bonchev–Trinajstić information content (AvgIpc) is 2.84. The van der Waals surface area contributed by atoms with Crippen LogP contribution < -0.4 is 10.2 Å². The molecule has 27 heavy (non-hydrogen) atoms. The maximum atomic E-state index is 12.4. The van der Waals surface area contributed by atoms with Crippen LogP contribution in [0, 0.1) is 6.92 Å². The monoisotopic (exact) mass is 378 g/mol. The Morgan fingerprint density at radius 2 is 1.89 bits per heavy atom. The second-order valence-electron chi connectivity index (χ2n) is 7.97. The van der Waals surface area contributed by atoms with E-state index in [4.69, 9.17) is 0 Å². The molecule has 0 radical (unpaired) electrons. The molecule has 0 aromatic heterocycles. The number of thioether (sulfide) groups is 1. The van der Waals surface area contributed by atoms with E-state index in [2.05, 4.69) is 91.9 Å². The predicted octanol–water partition coefficient (Wildman–Crippen LogP) is 4.74. The summed E-state index contributed by atoms with van der Waals surface area (Å²) in [5.41, 5.74) is 4.14. The first-order chi connectivity index (χ1) is 12.9. The van der Waals surface area contributed by atoms with Gasteiger partial charge in [-0.25, -0.2) is 0 Å². The van der Waals surface area contributed by atoms with E-state index >= 15 is 0 Å². The van der Waals surface area contributed by atoms with Crippen LogP contribution in [-0.4, -0.2) is 24.4 Å². The van der Waals surface area contributed by atoms with Crippen LogP contribution >= 0.6 is 11.8 Å². The van der Waals surface area contributed by atoms with Crippen LogP contribution in [0.2, 0.25) is 0 Å². The Kier molecular flexibility index (Phi) is 4.34. The number of carbonyl (C=O) groups excluding carboxylic acids is 1. The van der Waals surface area contributed by atoms with E-state index in [0.717, 1.165) is 12.1 Å². The van der Waals surface area contributed by atoms with Crippen LogP contribution in [0.3, 0.4) is 0 Å². The van der Waals surface area contributed by atoms with Crippen molar-refractivity contribution >= 4 is 29.4 Å². The van der Waals surface area contributed by atoms with Crippen LogP contribution in [0.1, 0.15) is 37.0 Å². The third-order valence-electron chi connectivity index (χ3n) is 6.02. The quantitative estimate of drug-likeness (QED) is 0.783. The number of hydrogen-bond donors (Lipinski definition) is 1. The summed E-state index contributed by atoms with van der Waals surface area (Å²) >= 11 is 1.74. The highest BCUT2D eigenvalue weighted by Crippen LogP contribution is 2.52. The third-order valence-corrected chi connectivity index (χ3v) is 6.76. The lowest BCUT2D eigenvalue weighted by Crippen LogP contribution is -2.68. The maximum absolute atomic E-state index is 12.4. The van der Waals surface area contributed by atoms with Crippen LogP contribution in [-0.2, 0) is 10.2 Å². The van der Waals surface area contributed by atoms with Gasteiger partial charge in [0.05, 0.1) is 0 Å². The molecule has 3 nitrogen and oxygen atoms in total. The first kappa shape index (κ1) is 18.2. The van der Waals surface area contributed by atoms with Crippen LogP contribution in [0.4, 0.5) is 5.69 Å². The van der Waals surface area contributed by atoms with Gasteiger partial charge >= 0.3 is 0 Å². The number of benzene rings is 2. The zero-order chi connectivity index (χ0) is 19.2. The fourth-order valence-corrected chi connectivity index (χ4v) is 4.81. The first-order valence-corrected chi connectivity index (χ1v) is 10.6. The zero-order valence-electron chi connectivity index (χ0n) is 16.4. The number of amides is 1. The smallest absolute Gasteiger partial charge is 0.223 e. The lowest BCUT2D eigenvalue weighted by Gasteiger charge is -2.49. The predicted molar refractivity (Wildman–Crippen MR) is 114 cm³/mol. The number of nitrogens with one attached hydrogen (secondary N) is 1. The van der Waals surface area contributed by atoms with Gasteiger partial charge in [-0.1, -0.05) is 49.8 Å². The standard InChI is InChI=1S/C23H26N2OS/c1-16-5-10-20-19(15-16)22(2,3)23(24-21(26)12-14-25(20)23)13-11-17-6-8-18(27-4)9-7-17/h5-11,13,15H,12,14H2,1-4H3,(H,24,26)/t23-/m1/s1. The Balaban J connectivity index is 1.81. The highest BCUT2D eigenvalue weighted by atomic mass is 32.2. The summed E-state index contributed by atoms with van der Waals surface area (Å²) in [6, 6.07) is 15.2. The van der Waals surface area contributed by atoms with Crippen molar-refractivity contribution in [2.24, 2.45) is 0 Å². The molecule has 1 atom stereocenters. The summed E-state index contributed by atoms with van der Waals surface area (Å²) in [5.74, 6) is 0.117. The molecule has 4 rings (SSSR count). The molecule has 4 heteroatoms. The van der Waals surface area contributed by atoms with Gasteiger partial charge in [0.2, 0.25) is 5.91 Å². The molecular formula is C23H26N2OS. The first-order valence-electron chi connectivity index (χ1n) is 9.40. The average molecular weight is 379 g/mol. The second kappa shape index (κ2) is 6.45. The highest BCUT2D eigenvalue weighted by molar-refractivity contribution is 7.98. The molecule has 0 bridgehead atoms. The summed E-state index contributed by atoms with van der Waals surface area (Å²) < 4.78 is 0. The number of anilines is 1. The van der Waals surface area contributed by atoms with Gasteiger partial charge in [-0.05, 0) is 48.6 Å². The molecule has 0 unspecified atom stereocenters. The molecule has 2 aliphatic heterocycles. The number of hydrogen-bond acceptors (Lipinski definition) is 3. The van der Waals surface area contributed by atoms with E-state index in [0.29, 0.717) is 6.42 Å². The normalized spacial score (nSPS) is 23.3. The Labute approximate surface area is 165 Å². The van der Waals surface area contributed by atoms with E-state index in [1.165, 1.54) is 21.7 Å². The van der Waals surface area contributed by atoms with E-state index in [-0.39, 0.29) is 11.3 Å². The number of fused-ring (bicyclic) bond motifs is 3. The number of carbonyl (C=O) groups is 1. The summed E-state index contributed by atoms with van der Waals surface area (Å²) in [5, 5.41) is 3.34. The van der Waals surface area contributed by atoms with Gasteiger partial charge in [-0.15, -0.1) is 11.8 Å². The van der Waals surface area contributed by atoms with Gasteiger partial charge < -0.3 is 10.2 Å². The largest absolute Gasteiger partial charge is 0.344 e. The Hall–Kier alpha value is -2.20. The van der Waals surface area contributed by atoms with Gasteiger partial charge in [0.1, 0.15) is 5.66 Å². The summed E-state index contributed by atoms with van der Waals surface area (Å²) in [6.45, 7) is 7.33. The zero-order valence-corrected chi connectivity index (χ0v) is 17.2. The van der Waals surface area contributed by atoms with Crippen molar-refractivity contribution < 1.29 is 4.79 Å². The third kappa shape index (κ3) is 2.78. The number of nitrogens with zero attached hydrogens (tertiary/aromatic N) is 1. The number of rotatable bonds is 3. The summed E-state index contributed by atoms with van der Waals surface area (Å²) in [4.78, 5) is 16.1. The lowest BCUT2D eigenvalue weighted by atomic mass is 9.74. The molecule has 0 aliphatic carbocycles. The second-order valence-corrected chi connectivity index (χ2v) is 8.85. The van der Waals surface area contributed by atoms with Gasteiger partial charge in [-0.3, -0.25) is 4.79 Å². The van der Waals surface area contributed by atoms with Crippen LogP contribution in [0.15, 0.2) is 53.4 Å². The molecule has 1 amide bonds. The molecule has 0 spiro atoms. The molecule has 2 heterocycles. The SMILES string of the molecule is CSc1ccc(C=C[C@@]23NC(=O)CCN2c2ccc(C)cc2C3(C)C)cc1. The van der Waals surface area contributed by atoms with Gasteiger partial charge in [0.15, 0.2) is 0 Å². The Morgan fingerprint density at radius 3 is 2.59 bits per heavy atom. The van der Waals surface area contributed by atoms with E-state index in [1.807, 2.05) is 0 Å². The highest BCUT2D eigenvalue weighted by Gasteiger charge is 2.57. The fraction of sp³-hybridized carbons (Fsp3) is 0.348. The molecular weight excluding hydrogens is 352 g/mol. The van der Waals surface area contributed by atoms with Crippen LogP contribution in [0.5, 0.6) is 0 Å². The summed E-state index contributed by atoms with van der Waals surface area (Å²) in [6.07, 6.45) is 6.94. The van der Waals surface area contributed by atoms with Crippen LogP contribution in [0.25, 0.3) is 6.08 Å². The van der Waals surface area contributed by atoms with Gasteiger partial charge in [-0.2, -0.15) is 0 Å². The van der Waals surface area contributed by atoms with Crippen molar-refractivity contribution in [2.75, 3.05) is 17.7 Å². The number of aryl methyl sites for hydroxylation is 1. The Bertz CT molecular complexity index is 916. The fourth-order valence-electron chi connectivity index (χ4n) is 4.40. The van der Waals surface area contributed by atoms with E-state index in [9.17, 15) is 4.79 Å². The van der Waals surface area contributed by atoms with Crippen molar-refractivity contribution in [3.05, 3.63) is 65.2 Å². The van der Waals surface area contributed by atoms with Crippen molar-refractivity contribution in [1.82, 2.24) is 5.32 Å². The lowest BCUT2D eigenvalue weighted by molar-refractivity contribution is -0.124. The molecule has 2 aliphatic rings. The molecule has 0 saturated carbocycles. The summed E-state index contributed by atoms with van der Waals surface area (Å²) in [7, 11) is 0. The molecule has 2 aromatic rings. The Morgan fingerprint density at radius 1 is 1.15 bits per heavy atom. The van der Waals surface area contributed by atoms with Gasteiger partial charge in [0, 0.05) is 29.0 Å². The molecule has 1 saturated heterocycles. The van der Waals surface area contributed by atoms with Crippen molar-refractivity contribution in [3.63, 3.8) is 0 Å². The molecule has 2 aromatic carbocycles. The molecule has 140 valence electrons. The minimum absolute atomic E-state index is 0.117. The van der Waals surface area contributed by atoms with E-state index < -0.39 is 5.66 Å². The van der Waals surface area contributed by atoms with Gasteiger partial charge in [0.25, 0.3) is 0 Å². The van der Waals surface area contributed by atoms with Crippen molar-refractivity contribution in [2.45, 2.75) is 43.2 Å². The van der Waals surface area contributed by atoms with Crippen molar-refractivity contribution in [1.29, 1.82) is 0 Å².